The quantitative estimate of drug-likeness (QED) is 0.717. The topological polar surface area (TPSA) is 63.9 Å². The summed E-state index contributed by atoms with van der Waals surface area (Å²) in [6, 6.07) is 9.66. The molecule has 23 heavy (non-hydrogen) atoms. The predicted octanol–water partition coefficient (Wildman–Crippen LogP) is 2.04. The van der Waals surface area contributed by atoms with Crippen LogP contribution in [-0.4, -0.2) is 37.8 Å². The fraction of sp³-hybridized carbons (Fsp3) is 0.188. The summed E-state index contributed by atoms with van der Waals surface area (Å²) in [6.45, 7) is 0. The van der Waals surface area contributed by atoms with Gasteiger partial charge in [0, 0.05) is 44.6 Å². The summed E-state index contributed by atoms with van der Waals surface area (Å²) in [6.07, 6.45) is 6.63. The van der Waals surface area contributed by atoms with E-state index in [1.54, 1.807) is 35.4 Å². The molecule has 7 heteroatoms. The van der Waals surface area contributed by atoms with Gasteiger partial charge in [0.15, 0.2) is 0 Å². The van der Waals surface area contributed by atoms with Gasteiger partial charge in [-0.3, -0.25) is 8.78 Å². The van der Waals surface area contributed by atoms with E-state index in [1.807, 2.05) is 43.3 Å². The van der Waals surface area contributed by atoms with E-state index in [2.05, 4.69) is 15.0 Å². The van der Waals surface area contributed by atoms with E-state index in [9.17, 15) is 4.21 Å². The molecular weight excluding hydrogens is 310 g/mol. The summed E-state index contributed by atoms with van der Waals surface area (Å²) in [4.78, 5) is 14.6. The Morgan fingerprint density at radius 3 is 2.52 bits per heavy atom. The third kappa shape index (κ3) is 3.29. The van der Waals surface area contributed by atoms with Crippen molar-refractivity contribution >= 4 is 16.5 Å². The van der Waals surface area contributed by atoms with Crippen molar-refractivity contribution in [3.63, 3.8) is 0 Å². The van der Waals surface area contributed by atoms with Gasteiger partial charge in [-0.15, -0.1) is 0 Å². The zero-order valence-corrected chi connectivity index (χ0v) is 13.8. The number of aromatic nitrogens is 4. The average molecular weight is 327 g/mol. The summed E-state index contributed by atoms with van der Waals surface area (Å²) in [5.74, 6) is 0.854. The molecule has 0 amide bonds. The molecule has 0 saturated heterocycles. The van der Waals surface area contributed by atoms with E-state index in [0.29, 0.717) is 16.9 Å². The number of para-hydroxylation sites is 1. The van der Waals surface area contributed by atoms with E-state index >= 15 is 0 Å². The van der Waals surface area contributed by atoms with Gasteiger partial charge in [-0.25, -0.2) is 15.0 Å². The standard InChI is InChI=1S/C16H17N5OS/c1-20(2)14-7-4-3-6-13(14)12-23(22)16-19-10-11-21(16)15-17-8-5-9-18-15/h3-11H,12H2,1-2H3. The van der Waals surface area contributed by atoms with E-state index in [4.69, 9.17) is 0 Å². The molecular formula is C16H17N5OS. The molecule has 0 aliphatic heterocycles. The molecule has 6 nitrogen and oxygen atoms in total. The smallest absolute Gasteiger partial charge is 0.235 e. The van der Waals surface area contributed by atoms with Crippen LogP contribution in [-0.2, 0) is 16.6 Å². The second-order valence-electron chi connectivity index (χ2n) is 5.14. The first-order chi connectivity index (χ1) is 11.2. The number of benzene rings is 1. The highest BCUT2D eigenvalue weighted by Crippen LogP contribution is 2.22. The van der Waals surface area contributed by atoms with Crippen molar-refractivity contribution in [1.29, 1.82) is 0 Å². The first-order valence-corrected chi connectivity index (χ1v) is 8.43. The molecule has 0 spiro atoms. The Bertz CT molecular complexity index is 816. The van der Waals surface area contributed by atoms with Crippen molar-refractivity contribution in [1.82, 2.24) is 19.5 Å². The van der Waals surface area contributed by atoms with Gasteiger partial charge in [-0.05, 0) is 17.7 Å². The molecule has 1 atom stereocenters. The summed E-state index contributed by atoms with van der Waals surface area (Å²) >= 11 is 0. The van der Waals surface area contributed by atoms with Gasteiger partial charge in [0.1, 0.15) is 0 Å². The van der Waals surface area contributed by atoms with Gasteiger partial charge in [-0.2, -0.15) is 0 Å². The Morgan fingerprint density at radius 2 is 1.78 bits per heavy atom. The van der Waals surface area contributed by atoms with Crippen LogP contribution >= 0.6 is 0 Å². The summed E-state index contributed by atoms with van der Waals surface area (Å²) < 4.78 is 14.5. The van der Waals surface area contributed by atoms with Crippen molar-refractivity contribution in [2.75, 3.05) is 19.0 Å². The molecule has 0 fully saturated rings. The molecule has 1 unspecified atom stereocenters. The zero-order valence-electron chi connectivity index (χ0n) is 13.0. The minimum Gasteiger partial charge on any atom is -0.377 e. The van der Waals surface area contributed by atoms with Gasteiger partial charge in [0.2, 0.25) is 11.1 Å². The zero-order chi connectivity index (χ0) is 16.2. The summed E-state index contributed by atoms with van der Waals surface area (Å²) in [5.41, 5.74) is 2.06. The summed E-state index contributed by atoms with van der Waals surface area (Å²) in [5, 5.41) is 0.449. The van der Waals surface area contributed by atoms with Crippen LogP contribution in [0.3, 0.4) is 0 Å². The minimum atomic E-state index is -1.30. The monoisotopic (exact) mass is 327 g/mol. The third-order valence-corrected chi connectivity index (χ3v) is 4.62. The lowest BCUT2D eigenvalue weighted by Crippen LogP contribution is -2.13. The van der Waals surface area contributed by atoms with Gasteiger partial charge >= 0.3 is 0 Å². The second-order valence-corrected chi connectivity index (χ2v) is 6.49. The van der Waals surface area contributed by atoms with E-state index < -0.39 is 10.8 Å². The molecule has 0 radical (unpaired) electrons. The van der Waals surface area contributed by atoms with Crippen molar-refractivity contribution in [2.45, 2.75) is 10.9 Å². The highest BCUT2D eigenvalue weighted by molar-refractivity contribution is 7.84. The number of nitrogens with zero attached hydrogens (tertiary/aromatic N) is 5. The van der Waals surface area contributed by atoms with Crippen LogP contribution in [0.15, 0.2) is 60.3 Å². The Labute approximate surface area is 137 Å². The molecule has 3 rings (SSSR count). The molecule has 2 heterocycles. The maximum absolute atomic E-state index is 12.8. The van der Waals surface area contributed by atoms with E-state index in [-0.39, 0.29) is 0 Å². The fourth-order valence-corrected chi connectivity index (χ4v) is 3.50. The van der Waals surface area contributed by atoms with Gasteiger partial charge in [-0.1, -0.05) is 18.2 Å². The maximum atomic E-state index is 12.8. The van der Waals surface area contributed by atoms with Crippen molar-refractivity contribution < 1.29 is 4.21 Å². The highest BCUT2D eigenvalue weighted by atomic mass is 32.2. The molecule has 2 aromatic heterocycles. The summed E-state index contributed by atoms with van der Waals surface area (Å²) in [7, 11) is 2.65. The molecule has 118 valence electrons. The minimum absolute atomic E-state index is 0.387. The number of anilines is 1. The molecule has 0 aliphatic carbocycles. The molecule has 0 bridgehead atoms. The van der Waals surface area contributed by atoms with Crippen LogP contribution in [0.25, 0.3) is 5.95 Å². The molecule has 0 aliphatic rings. The van der Waals surface area contributed by atoms with Gasteiger partial charge in [0.05, 0.1) is 16.6 Å². The van der Waals surface area contributed by atoms with Crippen LogP contribution in [0.5, 0.6) is 0 Å². The molecule has 3 aromatic rings. The number of rotatable bonds is 5. The first-order valence-electron chi connectivity index (χ1n) is 7.11. The van der Waals surface area contributed by atoms with Crippen molar-refractivity contribution in [3.05, 3.63) is 60.7 Å². The fourth-order valence-electron chi connectivity index (χ4n) is 2.30. The Kier molecular flexibility index (Phi) is 4.47. The SMILES string of the molecule is CN(C)c1ccccc1CS(=O)c1nccn1-c1ncccn1. The van der Waals surface area contributed by atoms with Gasteiger partial charge < -0.3 is 4.90 Å². The lowest BCUT2D eigenvalue weighted by molar-refractivity contribution is 0.669. The van der Waals surface area contributed by atoms with Gasteiger partial charge in [0.25, 0.3) is 0 Å². The largest absolute Gasteiger partial charge is 0.377 e. The van der Waals surface area contributed by atoms with Crippen LogP contribution in [0.4, 0.5) is 5.69 Å². The van der Waals surface area contributed by atoms with E-state index in [1.165, 1.54) is 0 Å². The lowest BCUT2D eigenvalue weighted by atomic mass is 10.2. The first kappa shape index (κ1) is 15.4. The normalized spacial score (nSPS) is 12.1. The lowest BCUT2D eigenvalue weighted by Gasteiger charge is -2.17. The molecule has 1 aromatic carbocycles. The van der Waals surface area contributed by atoms with Crippen LogP contribution in [0, 0.1) is 0 Å². The number of imidazole rings is 1. The molecule has 0 N–H and O–H groups in total. The highest BCUT2D eigenvalue weighted by Gasteiger charge is 2.16. The average Bonchev–Trinajstić information content (AvgIpc) is 3.05. The predicted molar refractivity (Wildman–Crippen MR) is 90.0 cm³/mol. The second kappa shape index (κ2) is 6.70. The van der Waals surface area contributed by atoms with Crippen LogP contribution in [0.1, 0.15) is 5.56 Å². The Morgan fingerprint density at radius 1 is 1.04 bits per heavy atom. The molecule has 0 saturated carbocycles. The van der Waals surface area contributed by atoms with Crippen molar-refractivity contribution in [3.8, 4) is 5.95 Å². The third-order valence-electron chi connectivity index (χ3n) is 3.34. The van der Waals surface area contributed by atoms with E-state index in [0.717, 1.165) is 11.3 Å². The Balaban J connectivity index is 1.90. The Hall–Kier alpha value is -2.54. The van der Waals surface area contributed by atoms with Crippen LogP contribution < -0.4 is 4.90 Å². The number of hydrogen-bond acceptors (Lipinski definition) is 5. The van der Waals surface area contributed by atoms with Crippen LogP contribution in [0.2, 0.25) is 0 Å². The maximum Gasteiger partial charge on any atom is 0.235 e. The number of hydrogen-bond donors (Lipinski definition) is 0. The van der Waals surface area contributed by atoms with Crippen molar-refractivity contribution in [2.24, 2.45) is 0 Å².